The van der Waals surface area contributed by atoms with E-state index in [2.05, 4.69) is 15.6 Å². The van der Waals surface area contributed by atoms with E-state index in [0.717, 1.165) is 17.0 Å². The summed E-state index contributed by atoms with van der Waals surface area (Å²) in [5.74, 6) is -5.27. The molecule has 3 aliphatic rings. The quantitative estimate of drug-likeness (QED) is 0.399. The van der Waals surface area contributed by atoms with Crippen LogP contribution in [0.5, 0.6) is 5.75 Å². The maximum Gasteiger partial charge on any atom is 0.416 e. The molecule has 2 bridgehead atoms. The molecule has 2 aromatic rings. The molecule has 14 heteroatoms. The first-order valence-electron chi connectivity index (χ1n) is 11.8. The van der Waals surface area contributed by atoms with Crippen molar-refractivity contribution in [2.45, 2.75) is 50.5 Å². The molecule has 0 spiro atoms. The lowest BCUT2D eigenvalue weighted by Crippen LogP contribution is -2.48. The minimum atomic E-state index is -4.88. The minimum Gasteiger partial charge on any atom is -0.501 e. The molecule has 1 aromatic heterocycles. The summed E-state index contributed by atoms with van der Waals surface area (Å²) < 4.78 is 54.5. The fourth-order valence-electron chi connectivity index (χ4n) is 4.99. The fourth-order valence-corrected chi connectivity index (χ4v) is 4.99. The molecular formula is C24H25F4N5O5. The maximum absolute atomic E-state index is 13.4. The lowest BCUT2D eigenvalue weighted by molar-refractivity contribution is -0.144. The average molecular weight is 539 g/mol. The lowest BCUT2D eigenvalue weighted by atomic mass is 9.79. The molecule has 3 atom stereocenters. The Morgan fingerprint density at radius 2 is 1.92 bits per heavy atom. The Bertz CT molecular complexity index is 1360. The zero-order chi connectivity index (χ0) is 27.9. The van der Waals surface area contributed by atoms with E-state index in [0.29, 0.717) is 25.3 Å². The Balaban J connectivity index is 1.63. The molecule has 5 rings (SSSR count). The summed E-state index contributed by atoms with van der Waals surface area (Å²) >= 11 is 0. The van der Waals surface area contributed by atoms with Gasteiger partial charge >= 0.3 is 18.0 Å². The number of alkyl halides is 3. The molecule has 3 unspecified atom stereocenters. The number of benzene rings is 1. The van der Waals surface area contributed by atoms with Gasteiger partial charge in [0, 0.05) is 39.1 Å². The Hall–Kier alpha value is -3.97. The molecule has 3 amide bonds. The molecule has 3 heterocycles. The van der Waals surface area contributed by atoms with Crippen molar-refractivity contribution in [3.63, 3.8) is 0 Å². The minimum absolute atomic E-state index is 0.0647. The first-order valence-corrected chi connectivity index (χ1v) is 11.8. The third kappa shape index (κ3) is 5.20. The van der Waals surface area contributed by atoms with Gasteiger partial charge in [0.2, 0.25) is 5.75 Å². The number of carbonyl (C=O) groups is 3. The summed E-state index contributed by atoms with van der Waals surface area (Å²) in [6.07, 6.45) is -3.28. The van der Waals surface area contributed by atoms with E-state index < -0.39 is 76.3 Å². The van der Waals surface area contributed by atoms with Crippen molar-refractivity contribution in [2.24, 2.45) is 5.92 Å². The smallest absolute Gasteiger partial charge is 0.416 e. The van der Waals surface area contributed by atoms with Crippen LogP contribution >= 0.6 is 0 Å². The van der Waals surface area contributed by atoms with Crippen LogP contribution in [0.1, 0.15) is 52.6 Å². The summed E-state index contributed by atoms with van der Waals surface area (Å²) in [5.41, 5.74) is -3.28. The number of rotatable bonds is 4. The van der Waals surface area contributed by atoms with Crippen LogP contribution in [0.2, 0.25) is 0 Å². The van der Waals surface area contributed by atoms with Crippen molar-refractivity contribution in [3.05, 3.63) is 57.0 Å². The van der Waals surface area contributed by atoms with Crippen LogP contribution in [0.4, 0.5) is 17.6 Å². The number of amides is 3. The maximum atomic E-state index is 13.4. The van der Waals surface area contributed by atoms with Crippen LogP contribution in [-0.2, 0) is 28.9 Å². The molecule has 1 aliphatic carbocycles. The molecule has 204 valence electrons. The SMILES string of the molecule is CN(C)C(=O)C(=O)NC1CC2CCC1c1nc(C(=O)NCc3ccc(F)cc3C(F)(F)F)c(O)c(=O)n1C2. The number of nitrogens with one attached hydrogen (secondary N) is 2. The van der Waals surface area contributed by atoms with E-state index in [4.69, 9.17) is 0 Å². The van der Waals surface area contributed by atoms with E-state index in [1.165, 1.54) is 18.7 Å². The van der Waals surface area contributed by atoms with Gasteiger partial charge in [0.05, 0.1) is 5.56 Å². The van der Waals surface area contributed by atoms with Crippen molar-refractivity contribution >= 4 is 17.7 Å². The Labute approximate surface area is 213 Å². The van der Waals surface area contributed by atoms with Gasteiger partial charge in [0.25, 0.3) is 11.5 Å². The molecule has 2 aliphatic heterocycles. The Morgan fingerprint density at radius 3 is 2.58 bits per heavy atom. The number of aromatic hydroxyl groups is 1. The van der Waals surface area contributed by atoms with Crippen LogP contribution in [0.15, 0.2) is 23.0 Å². The zero-order valence-electron chi connectivity index (χ0n) is 20.4. The number of carbonyl (C=O) groups excluding carboxylic acids is 3. The standard InChI is InChI=1S/C24H25F4N5O5/c1-32(2)23(38)21(36)30-16-7-11-3-6-14(16)19-31-17(18(34)22(37)33(19)10-11)20(35)29-9-12-4-5-13(25)8-15(12)24(26,27)28/h4-5,8,11,14,16,34H,3,6-7,9-10H2,1-2H3,(H,29,35)(H,30,36). The van der Waals surface area contributed by atoms with Gasteiger partial charge in [-0.2, -0.15) is 13.2 Å². The second-order valence-electron chi connectivity index (χ2n) is 9.63. The van der Waals surface area contributed by atoms with E-state index in [1.54, 1.807) is 0 Å². The van der Waals surface area contributed by atoms with Crippen molar-refractivity contribution in [1.29, 1.82) is 0 Å². The van der Waals surface area contributed by atoms with Gasteiger partial charge in [0.15, 0.2) is 5.69 Å². The highest BCUT2D eigenvalue weighted by Gasteiger charge is 2.41. The van der Waals surface area contributed by atoms with Crippen LogP contribution < -0.4 is 16.2 Å². The Morgan fingerprint density at radius 1 is 1.21 bits per heavy atom. The predicted molar refractivity (Wildman–Crippen MR) is 123 cm³/mol. The van der Waals surface area contributed by atoms with Crippen LogP contribution in [0, 0.1) is 11.7 Å². The molecule has 1 saturated carbocycles. The largest absolute Gasteiger partial charge is 0.501 e. The van der Waals surface area contributed by atoms with Gasteiger partial charge in [-0.05, 0) is 42.9 Å². The van der Waals surface area contributed by atoms with Crippen molar-refractivity contribution in [2.75, 3.05) is 14.1 Å². The molecule has 0 radical (unpaired) electrons. The van der Waals surface area contributed by atoms with Crippen LogP contribution in [0.25, 0.3) is 0 Å². The van der Waals surface area contributed by atoms with Gasteiger partial charge < -0.3 is 20.6 Å². The van der Waals surface area contributed by atoms with Crippen molar-refractivity contribution < 1.29 is 37.1 Å². The van der Waals surface area contributed by atoms with Gasteiger partial charge in [-0.3, -0.25) is 23.7 Å². The van der Waals surface area contributed by atoms with Crippen molar-refractivity contribution in [3.8, 4) is 5.75 Å². The molecule has 1 fully saturated rings. The highest BCUT2D eigenvalue weighted by Crippen LogP contribution is 2.40. The number of likely N-dealkylation sites (N-methyl/N-ethyl adjacent to an activating group) is 1. The second-order valence-corrected chi connectivity index (χ2v) is 9.63. The highest BCUT2D eigenvalue weighted by molar-refractivity contribution is 6.34. The first kappa shape index (κ1) is 27.1. The zero-order valence-corrected chi connectivity index (χ0v) is 20.4. The number of fused-ring (bicyclic) bond motifs is 2. The van der Waals surface area contributed by atoms with E-state index in [1.807, 2.05) is 0 Å². The number of halogens is 4. The summed E-state index contributed by atoms with van der Waals surface area (Å²) in [7, 11) is 2.85. The van der Waals surface area contributed by atoms with E-state index >= 15 is 0 Å². The summed E-state index contributed by atoms with van der Waals surface area (Å²) in [5, 5.41) is 15.3. The highest BCUT2D eigenvalue weighted by atomic mass is 19.4. The summed E-state index contributed by atoms with van der Waals surface area (Å²) in [6.45, 7) is -0.504. The third-order valence-corrected chi connectivity index (χ3v) is 6.85. The Kier molecular flexibility index (Phi) is 7.17. The van der Waals surface area contributed by atoms with Gasteiger partial charge in [0.1, 0.15) is 11.6 Å². The molecule has 38 heavy (non-hydrogen) atoms. The van der Waals surface area contributed by atoms with Crippen molar-refractivity contribution in [1.82, 2.24) is 25.1 Å². The number of hydrogen-bond donors (Lipinski definition) is 3. The van der Waals surface area contributed by atoms with E-state index in [9.17, 15) is 41.8 Å². The van der Waals surface area contributed by atoms with Crippen LogP contribution in [-0.4, -0.2) is 57.4 Å². The third-order valence-electron chi connectivity index (χ3n) is 6.85. The summed E-state index contributed by atoms with van der Waals surface area (Å²) in [4.78, 5) is 55.6. The topological polar surface area (TPSA) is 134 Å². The molecule has 10 nitrogen and oxygen atoms in total. The normalized spacial score (nSPS) is 20.3. The number of aromatic nitrogens is 2. The van der Waals surface area contributed by atoms with Gasteiger partial charge in [-0.1, -0.05) is 6.07 Å². The molecule has 1 aromatic carbocycles. The average Bonchev–Trinajstić information content (AvgIpc) is 3.11. The number of hydrogen-bond acceptors (Lipinski definition) is 6. The molecular weight excluding hydrogens is 514 g/mol. The lowest BCUT2D eigenvalue weighted by Gasteiger charge is -2.32. The van der Waals surface area contributed by atoms with Crippen LogP contribution in [0.3, 0.4) is 0 Å². The van der Waals surface area contributed by atoms with E-state index in [-0.39, 0.29) is 18.3 Å². The second kappa shape index (κ2) is 10.1. The monoisotopic (exact) mass is 539 g/mol. The summed E-state index contributed by atoms with van der Waals surface area (Å²) in [6, 6.07) is 1.42. The molecule has 0 saturated heterocycles. The van der Waals surface area contributed by atoms with Gasteiger partial charge in [-0.25, -0.2) is 9.37 Å². The fraction of sp³-hybridized carbons (Fsp3) is 0.458. The predicted octanol–water partition coefficient (Wildman–Crippen LogP) is 1.51. The first-order chi connectivity index (χ1) is 17.8. The molecule has 3 N–H and O–H groups in total. The number of nitrogens with zero attached hydrogens (tertiary/aromatic N) is 3. The van der Waals surface area contributed by atoms with Gasteiger partial charge in [-0.15, -0.1) is 0 Å².